The van der Waals surface area contributed by atoms with E-state index in [1.807, 2.05) is 24.3 Å². The summed E-state index contributed by atoms with van der Waals surface area (Å²) in [6.07, 6.45) is 1.62. The van der Waals surface area contributed by atoms with E-state index in [-0.39, 0.29) is 17.1 Å². The molecule has 1 saturated carbocycles. The van der Waals surface area contributed by atoms with Gasteiger partial charge in [-0.15, -0.1) is 0 Å². The number of benzene rings is 1. The molecular weight excluding hydrogens is 300 g/mol. The number of fused-ring (bicyclic) bond motifs is 6. The number of para-hydroxylation sites is 2. The van der Waals surface area contributed by atoms with E-state index in [2.05, 4.69) is 13.8 Å². The molecule has 0 radical (unpaired) electrons. The van der Waals surface area contributed by atoms with Crippen LogP contribution in [0.2, 0.25) is 0 Å². The number of hydrogen-bond donors (Lipinski definition) is 1. The summed E-state index contributed by atoms with van der Waals surface area (Å²) in [4.78, 5) is 9.52. The first kappa shape index (κ1) is 14.1. The molecule has 22 heavy (non-hydrogen) atoms. The Morgan fingerprint density at radius 3 is 2.50 bits per heavy atom. The van der Waals surface area contributed by atoms with Crippen LogP contribution in [-0.4, -0.2) is 28.7 Å². The molecule has 116 valence electrons. The smallest absolute Gasteiger partial charge is 0.265 e. The largest absolute Gasteiger partial charge is 0.286 e. The van der Waals surface area contributed by atoms with E-state index in [4.69, 9.17) is 9.97 Å². The predicted octanol–water partition coefficient (Wildman–Crippen LogP) is 2.67. The van der Waals surface area contributed by atoms with Crippen molar-refractivity contribution in [2.45, 2.75) is 38.0 Å². The van der Waals surface area contributed by atoms with E-state index in [9.17, 15) is 13.0 Å². The van der Waals surface area contributed by atoms with E-state index in [0.717, 1.165) is 35.3 Å². The Hall–Kier alpha value is -1.53. The fourth-order valence-electron chi connectivity index (χ4n) is 4.56. The van der Waals surface area contributed by atoms with Crippen molar-refractivity contribution < 1.29 is 13.0 Å². The molecule has 0 aliphatic heterocycles. The second kappa shape index (κ2) is 4.06. The molecule has 0 amide bonds. The van der Waals surface area contributed by atoms with E-state index in [0.29, 0.717) is 0 Å². The summed E-state index contributed by atoms with van der Waals surface area (Å²) in [6.45, 7) is 4.15. The van der Waals surface area contributed by atoms with E-state index >= 15 is 0 Å². The third-order valence-electron chi connectivity index (χ3n) is 5.77. The Morgan fingerprint density at radius 2 is 1.86 bits per heavy atom. The molecule has 4 rings (SSSR count). The van der Waals surface area contributed by atoms with Crippen LogP contribution in [0.25, 0.3) is 11.0 Å². The molecule has 0 spiro atoms. The molecule has 2 aromatic rings. The summed E-state index contributed by atoms with van der Waals surface area (Å²) in [5.74, 6) is -0.0786. The van der Waals surface area contributed by atoms with Crippen LogP contribution >= 0.6 is 0 Å². The highest BCUT2D eigenvalue weighted by atomic mass is 32.2. The van der Waals surface area contributed by atoms with Gasteiger partial charge >= 0.3 is 0 Å². The standard InChI is InChI=1S/C16H18N2O3S/c1-15(2)10-7-8-16(15,9-22(19,20)21)14-13(10)17-11-5-3-4-6-12(11)18-14/h3-6,10H,7-9H2,1-2H3,(H,19,20,21)/t10-,16+/m0/s1. The molecule has 2 atom stereocenters. The fourth-order valence-corrected chi connectivity index (χ4v) is 5.83. The molecule has 2 aliphatic rings. The van der Waals surface area contributed by atoms with Gasteiger partial charge in [-0.1, -0.05) is 26.0 Å². The first-order valence-electron chi connectivity index (χ1n) is 7.47. The fraction of sp³-hybridized carbons (Fsp3) is 0.500. The number of hydrogen-bond acceptors (Lipinski definition) is 4. The van der Waals surface area contributed by atoms with Gasteiger partial charge in [0.1, 0.15) is 0 Å². The van der Waals surface area contributed by atoms with Crippen LogP contribution < -0.4 is 0 Å². The van der Waals surface area contributed by atoms with Crippen LogP contribution in [-0.2, 0) is 15.5 Å². The lowest BCUT2D eigenvalue weighted by Gasteiger charge is -2.36. The summed E-state index contributed by atoms with van der Waals surface area (Å²) < 4.78 is 32.8. The van der Waals surface area contributed by atoms with Gasteiger partial charge in [-0.05, 0) is 30.4 Å². The first-order valence-corrected chi connectivity index (χ1v) is 9.08. The van der Waals surface area contributed by atoms with Crippen molar-refractivity contribution in [2.75, 3.05) is 5.75 Å². The molecule has 1 fully saturated rings. The van der Waals surface area contributed by atoms with Gasteiger partial charge in [0.2, 0.25) is 0 Å². The second-order valence-electron chi connectivity index (χ2n) is 7.07. The Bertz CT molecular complexity index is 891. The van der Waals surface area contributed by atoms with Crippen molar-refractivity contribution in [1.29, 1.82) is 0 Å². The summed E-state index contributed by atoms with van der Waals surface area (Å²) >= 11 is 0. The quantitative estimate of drug-likeness (QED) is 0.861. The summed E-state index contributed by atoms with van der Waals surface area (Å²) in [7, 11) is -4.09. The van der Waals surface area contributed by atoms with Gasteiger partial charge in [-0.2, -0.15) is 8.42 Å². The molecule has 2 aliphatic carbocycles. The van der Waals surface area contributed by atoms with Crippen LogP contribution in [0.5, 0.6) is 0 Å². The van der Waals surface area contributed by atoms with Crippen molar-refractivity contribution in [2.24, 2.45) is 5.41 Å². The van der Waals surface area contributed by atoms with Crippen LogP contribution in [0.15, 0.2) is 24.3 Å². The summed E-state index contributed by atoms with van der Waals surface area (Å²) in [5.41, 5.74) is 2.38. The number of nitrogens with zero attached hydrogens (tertiary/aromatic N) is 2. The highest BCUT2D eigenvalue weighted by Gasteiger charge is 2.65. The van der Waals surface area contributed by atoms with E-state index in [1.54, 1.807) is 0 Å². The number of aromatic nitrogens is 2. The number of rotatable bonds is 2. The zero-order valence-corrected chi connectivity index (χ0v) is 13.4. The van der Waals surface area contributed by atoms with Gasteiger partial charge in [-0.3, -0.25) is 4.55 Å². The molecule has 1 N–H and O–H groups in total. The van der Waals surface area contributed by atoms with Gasteiger partial charge < -0.3 is 0 Å². The Labute approximate surface area is 129 Å². The molecule has 6 heteroatoms. The van der Waals surface area contributed by atoms with Gasteiger partial charge in [0.25, 0.3) is 10.1 Å². The minimum Gasteiger partial charge on any atom is -0.286 e. The molecule has 0 saturated heterocycles. The molecule has 0 unspecified atom stereocenters. The van der Waals surface area contributed by atoms with E-state index < -0.39 is 15.5 Å². The maximum Gasteiger partial charge on any atom is 0.265 e. The van der Waals surface area contributed by atoms with Crippen molar-refractivity contribution >= 4 is 21.2 Å². The monoisotopic (exact) mass is 318 g/mol. The molecular formula is C16H18N2O3S. The van der Waals surface area contributed by atoms with Gasteiger partial charge in [0.15, 0.2) is 0 Å². The van der Waals surface area contributed by atoms with Crippen molar-refractivity contribution in [1.82, 2.24) is 9.97 Å². The average Bonchev–Trinajstić information content (AvgIpc) is 2.76. The zero-order valence-electron chi connectivity index (χ0n) is 12.6. The van der Waals surface area contributed by atoms with Crippen molar-refractivity contribution in [3.63, 3.8) is 0 Å². The molecule has 2 bridgehead atoms. The maximum atomic E-state index is 11.6. The van der Waals surface area contributed by atoms with Gasteiger partial charge in [0, 0.05) is 11.3 Å². The topological polar surface area (TPSA) is 80.2 Å². The first-order chi connectivity index (χ1) is 10.2. The van der Waals surface area contributed by atoms with Gasteiger partial charge in [0.05, 0.1) is 28.2 Å². The third-order valence-corrected chi connectivity index (χ3v) is 6.63. The predicted molar refractivity (Wildman–Crippen MR) is 83.4 cm³/mol. The lowest BCUT2D eigenvalue weighted by molar-refractivity contribution is 0.226. The van der Waals surface area contributed by atoms with Crippen molar-refractivity contribution in [3.8, 4) is 0 Å². The minimum atomic E-state index is -4.09. The lowest BCUT2D eigenvalue weighted by Crippen LogP contribution is -2.41. The highest BCUT2D eigenvalue weighted by molar-refractivity contribution is 7.85. The normalized spacial score (nSPS) is 29.0. The SMILES string of the molecule is CC1(C)[C@H]2CC[C@@]1(CS(=O)(=O)O)c1nc3ccccc3nc12. The van der Waals surface area contributed by atoms with Crippen LogP contribution in [0.3, 0.4) is 0 Å². The molecule has 1 aromatic carbocycles. The van der Waals surface area contributed by atoms with Crippen LogP contribution in [0.1, 0.15) is 44.0 Å². The minimum absolute atomic E-state index is 0.196. The zero-order chi connectivity index (χ0) is 15.8. The third kappa shape index (κ3) is 1.65. The maximum absolute atomic E-state index is 11.6. The van der Waals surface area contributed by atoms with Crippen molar-refractivity contribution in [3.05, 3.63) is 35.7 Å². The van der Waals surface area contributed by atoms with E-state index in [1.165, 1.54) is 0 Å². The summed E-state index contributed by atoms with van der Waals surface area (Å²) in [6, 6.07) is 7.65. The molecule has 1 aromatic heterocycles. The van der Waals surface area contributed by atoms with Crippen LogP contribution in [0.4, 0.5) is 0 Å². The lowest BCUT2D eigenvalue weighted by atomic mass is 9.70. The Balaban J connectivity index is 2.02. The average molecular weight is 318 g/mol. The Morgan fingerprint density at radius 1 is 1.23 bits per heavy atom. The Kier molecular flexibility index (Phi) is 2.60. The summed E-state index contributed by atoms with van der Waals surface area (Å²) in [5, 5.41) is 0. The second-order valence-corrected chi connectivity index (χ2v) is 8.52. The molecule has 5 nitrogen and oxygen atoms in total. The van der Waals surface area contributed by atoms with Gasteiger partial charge in [-0.25, -0.2) is 9.97 Å². The van der Waals surface area contributed by atoms with Crippen LogP contribution in [0, 0.1) is 5.41 Å². The molecule has 1 heterocycles. The highest BCUT2D eigenvalue weighted by Crippen LogP contribution is 2.67.